The van der Waals surface area contributed by atoms with E-state index in [1.807, 2.05) is 43.2 Å². The Morgan fingerprint density at radius 3 is 2.55 bits per heavy atom. The molecule has 20 heavy (non-hydrogen) atoms. The van der Waals surface area contributed by atoms with Crippen molar-refractivity contribution in [3.8, 4) is 0 Å². The lowest BCUT2D eigenvalue weighted by atomic mass is 10.0. The summed E-state index contributed by atoms with van der Waals surface area (Å²) in [7, 11) is 0. The first kappa shape index (κ1) is 16.1. The van der Waals surface area contributed by atoms with E-state index >= 15 is 0 Å². The maximum atomic E-state index is 11.1. The molecule has 5 heteroatoms. The molecule has 1 aromatic carbocycles. The highest BCUT2D eigenvalue weighted by molar-refractivity contribution is 5.87. The number of aliphatic carboxylic acids is 1. The molecule has 0 aliphatic carbocycles. The third-order valence-electron chi connectivity index (χ3n) is 2.81. The summed E-state index contributed by atoms with van der Waals surface area (Å²) in [6.45, 7) is 3.76. The summed E-state index contributed by atoms with van der Waals surface area (Å²) in [5.74, 6) is 0.942. The second-order valence-corrected chi connectivity index (χ2v) is 4.32. The van der Waals surface area contributed by atoms with E-state index in [4.69, 9.17) is 9.84 Å². The van der Waals surface area contributed by atoms with Crippen molar-refractivity contribution in [2.45, 2.75) is 32.5 Å². The van der Waals surface area contributed by atoms with E-state index in [1.54, 1.807) is 0 Å². The Kier molecular flexibility index (Phi) is 6.67. The van der Waals surface area contributed by atoms with Crippen LogP contribution in [-0.4, -0.2) is 35.9 Å². The molecule has 0 spiro atoms. The van der Waals surface area contributed by atoms with Crippen molar-refractivity contribution >= 4 is 17.5 Å². The molecule has 0 aliphatic rings. The second kappa shape index (κ2) is 8.27. The number of hydrogen-bond acceptors (Lipinski definition) is 4. The summed E-state index contributed by atoms with van der Waals surface area (Å²) in [6.07, 6.45) is -0.276. The minimum atomic E-state index is -0.967. The van der Waals surface area contributed by atoms with Crippen molar-refractivity contribution < 1.29 is 19.4 Å². The van der Waals surface area contributed by atoms with E-state index in [9.17, 15) is 9.59 Å². The van der Waals surface area contributed by atoms with Crippen LogP contribution in [0.3, 0.4) is 0 Å². The van der Waals surface area contributed by atoms with Crippen LogP contribution in [0.4, 0.5) is 0 Å². The zero-order valence-electron chi connectivity index (χ0n) is 11.6. The van der Waals surface area contributed by atoms with Gasteiger partial charge in [-0.2, -0.15) is 0 Å². The molecule has 2 N–H and O–H groups in total. The van der Waals surface area contributed by atoms with Gasteiger partial charge in [-0.25, -0.2) is 4.79 Å². The molecular weight excluding hydrogens is 258 g/mol. The van der Waals surface area contributed by atoms with Crippen molar-refractivity contribution in [2.75, 3.05) is 6.61 Å². The van der Waals surface area contributed by atoms with Gasteiger partial charge in [0, 0.05) is 18.6 Å². The molecule has 0 radical (unpaired) electrons. The van der Waals surface area contributed by atoms with Crippen molar-refractivity contribution in [3.63, 3.8) is 0 Å². The van der Waals surface area contributed by atoms with Crippen LogP contribution < -0.4 is 5.32 Å². The van der Waals surface area contributed by atoms with Gasteiger partial charge in [0.1, 0.15) is 18.2 Å². The SMILES string of the molecule is CCO[C@@H](CC(=C=O)c1ccccc1)N[C@@H](C)C(=O)O. The first-order valence-electron chi connectivity index (χ1n) is 6.48. The zero-order valence-corrected chi connectivity index (χ0v) is 11.6. The number of ether oxygens (including phenoxy) is 1. The van der Waals surface area contributed by atoms with Gasteiger partial charge in [0.25, 0.3) is 0 Å². The van der Waals surface area contributed by atoms with Crippen molar-refractivity contribution in [1.29, 1.82) is 0 Å². The largest absolute Gasteiger partial charge is 0.480 e. The molecular formula is C15H19NO4. The Bertz CT molecular complexity index is 480. The lowest BCUT2D eigenvalue weighted by Gasteiger charge is -2.21. The van der Waals surface area contributed by atoms with E-state index in [2.05, 4.69) is 5.32 Å². The zero-order chi connectivity index (χ0) is 15.0. The summed E-state index contributed by atoms with van der Waals surface area (Å²) in [5, 5.41) is 11.7. The van der Waals surface area contributed by atoms with Crippen LogP contribution in [0.25, 0.3) is 5.57 Å². The van der Waals surface area contributed by atoms with Gasteiger partial charge in [0.2, 0.25) is 0 Å². The monoisotopic (exact) mass is 277 g/mol. The van der Waals surface area contributed by atoms with Gasteiger partial charge in [-0.1, -0.05) is 30.3 Å². The molecule has 2 atom stereocenters. The van der Waals surface area contributed by atoms with Gasteiger partial charge >= 0.3 is 5.97 Å². The van der Waals surface area contributed by atoms with Crippen molar-refractivity contribution in [2.24, 2.45) is 0 Å². The minimum Gasteiger partial charge on any atom is -0.480 e. The predicted octanol–water partition coefficient (Wildman–Crippen LogP) is 1.72. The maximum absolute atomic E-state index is 11.1. The number of hydrogen-bond donors (Lipinski definition) is 2. The number of carbonyl (C=O) groups excluding carboxylic acids is 1. The molecule has 0 aromatic heterocycles. The van der Waals surface area contributed by atoms with Crippen LogP contribution in [-0.2, 0) is 14.3 Å². The molecule has 0 unspecified atom stereocenters. The molecule has 0 bridgehead atoms. The summed E-state index contributed by atoms with van der Waals surface area (Å²) in [4.78, 5) is 22.0. The lowest BCUT2D eigenvalue weighted by molar-refractivity contribution is -0.140. The van der Waals surface area contributed by atoms with Crippen LogP contribution in [0.2, 0.25) is 0 Å². The average molecular weight is 277 g/mol. The Morgan fingerprint density at radius 1 is 1.40 bits per heavy atom. The minimum absolute atomic E-state index is 0.263. The molecule has 0 saturated carbocycles. The number of nitrogens with one attached hydrogen (secondary N) is 1. The van der Waals surface area contributed by atoms with Crippen LogP contribution in [0, 0.1) is 0 Å². The number of benzene rings is 1. The average Bonchev–Trinajstić information content (AvgIpc) is 2.45. The van der Waals surface area contributed by atoms with Crippen LogP contribution >= 0.6 is 0 Å². The molecule has 1 rings (SSSR count). The Morgan fingerprint density at radius 2 is 2.05 bits per heavy atom. The second-order valence-electron chi connectivity index (χ2n) is 4.32. The fourth-order valence-corrected chi connectivity index (χ4v) is 1.76. The Labute approximate surface area is 118 Å². The van der Waals surface area contributed by atoms with Gasteiger partial charge in [-0.15, -0.1) is 0 Å². The van der Waals surface area contributed by atoms with Crippen LogP contribution in [0.1, 0.15) is 25.8 Å². The fourth-order valence-electron chi connectivity index (χ4n) is 1.76. The molecule has 5 nitrogen and oxygen atoms in total. The van der Waals surface area contributed by atoms with Crippen LogP contribution in [0.5, 0.6) is 0 Å². The first-order chi connectivity index (χ1) is 9.58. The quantitative estimate of drug-likeness (QED) is 0.559. The van der Waals surface area contributed by atoms with Gasteiger partial charge < -0.3 is 9.84 Å². The highest BCUT2D eigenvalue weighted by atomic mass is 16.5. The Balaban J connectivity index is 2.78. The summed E-state index contributed by atoms with van der Waals surface area (Å²) >= 11 is 0. The molecule has 0 amide bonds. The van der Waals surface area contributed by atoms with Gasteiger partial charge in [0.15, 0.2) is 0 Å². The topological polar surface area (TPSA) is 75.6 Å². The standard InChI is InChI=1S/C15H19NO4/c1-3-20-14(16-11(2)15(18)19)9-13(10-17)12-7-5-4-6-8-12/h4-8,11,14,16H,3,9H2,1-2H3,(H,18,19)/t11-,14-/m0/s1. The molecule has 1 aromatic rings. The third-order valence-corrected chi connectivity index (χ3v) is 2.81. The number of carbonyl (C=O) groups is 1. The highest BCUT2D eigenvalue weighted by Gasteiger charge is 2.19. The smallest absolute Gasteiger partial charge is 0.320 e. The van der Waals surface area contributed by atoms with Crippen molar-refractivity contribution in [3.05, 3.63) is 35.9 Å². The van der Waals surface area contributed by atoms with Crippen molar-refractivity contribution in [1.82, 2.24) is 5.32 Å². The van der Waals surface area contributed by atoms with Gasteiger partial charge in [0.05, 0.1) is 0 Å². The third kappa shape index (κ3) is 4.97. The highest BCUT2D eigenvalue weighted by Crippen LogP contribution is 2.17. The number of rotatable bonds is 8. The summed E-state index contributed by atoms with van der Waals surface area (Å²) < 4.78 is 5.44. The van der Waals surface area contributed by atoms with Crippen LogP contribution in [0.15, 0.2) is 30.3 Å². The van der Waals surface area contributed by atoms with E-state index in [0.29, 0.717) is 12.2 Å². The predicted molar refractivity (Wildman–Crippen MR) is 75.8 cm³/mol. The summed E-state index contributed by atoms with van der Waals surface area (Å²) in [5.41, 5.74) is 1.21. The van der Waals surface area contributed by atoms with Gasteiger partial charge in [-0.3, -0.25) is 10.1 Å². The molecule has 0 aliphatic heterocycles. The van der Waals surface area contributed by atoms with E-state index in [1.165, 1.54) is 6.92 Å². The number of carboxylic acids is 1. The molecule has 108 valence electrons. The fraction of sp³-hybridized carbons (Fsp3) is 0.400. The van der Waals surface area contributed by atoms with E-state index in [0.717, 1.165) is 5.56 Å². The Hall–Kier alpha value is -1.94. The molecule has 0 fully saturated rings. The molecule has 0 saturated heterocycles. The first-order valence-corrected chi connectivity index (χ1v) is 6.48. The number of carboxylic acid groups (broad SMARTS) is 1. The molecule has 0 heterocycles. The van der Waals surface area contributed by atoms with E-state index in [-0.39, 0.29) is 6.42 Å². The van der Waals surface area contributed by atoms with Gasteiger partial charge in [-0.05, 0) is 19.4 Å². The normalized spacial score (nSPS) is 13.3. The lowest BCUT2D eigenvalue weighted by Crippen LogP contribution is -2.43. The summed E-state index contributed by atoms with van der Waals surface area (Å²) in [6, 6.07) is 8.38. The maximum Gasteiger partial charge on any atom is 0.320 e. The van der Waals surface area contributed by atoms with E-state index < -0.39 is 18.2 Å².